The van der Waals surface area contributed by atoms with Gasteiger partial charge in [-0.25, -0.2) is 0 Å². The van der Waals surface area contributed by atoms with Crippen LogP contribution in [0.15, 0.2) is 0 Å². The van der Waals surface area contributed by atoms with E-state index in [-0.39, 0.29) is 0 Å². The summed E-state index contributed by atoms with van der Waals surface area (Å²) in [7, 11) is 0. The molecular formula is C7H13NS. The molecule has 2 aliphatic rings. The van der Waals surface area contributed by atoms with E-state index < -0.39 is 0 Å². The molecule has 1 spiro atoms. The maximum atomic E-state index is 3.61. The van der Waals surface area contributed by atoms with Gasteiger partial charge < -0.3 is 5.32 Å². The van der Waals surface area contributed by atoms with Crippen molar-refractivity contribution >= 4 is 11.8 Å². The zero-order valence-electron chi connectivity index (χ0n) is 5.65. The summed E-state index contributed by atoms with van der Waals surface area (Å²) in [5.41, 5.74) is 0.642. The SMILES string of the molecule is C1CSCCC2(CC2)N1. The molecule has 1 aliphatic carbocycles. The van der Waals surface area contributed by atoms with Gasteiger partial charge >= 0.3 is 0 Å². The third-order valence-electron chi connectivity index (χ3n) is 2.32. The summed E-state index contributed by atoms with van der Waals surface area (Å²) in [6.45, 7) is 1.24. The summed E-state index contributed by atoms with van der Waals surface area (Å²) in [5, 5.41) is 3.61. The number of thioether (sulfide) groups is 1. The average molecular weight is 143 g/mol. The van der Waals surface area contributed by atoms with E-state index in [9.17, 15) is 0 Å². The molecule has 0 unspecified atom stereocenters. The van der Waals surface area contributed by atoms with Gasteiger partial charge in [0.1, 0.15) is 0 Å². The summed E-state index contributed by atoms with van der Waals surface area (Å²) >= 11 is 2.10. The van der Waals surface area contributed by atoms with Gasteiger partial charge in [-0.05, 0) is 25.0 Å². The summed E-state index contributed by atoms with van der Waals surface area (Å²) in [5.74, 6) is 2.70. The highest BCUT2D eigenvalue weighted by atomic mass is 32.2. The highest BCUT2D eigenvalue weighted by Gasteiger charge is 2.41. The Morgan fingerprint density at radius 3 is 2.78 bits per heavy atom. The molecule has 0 radical (unpaired) electrons. The molecule has 0 aromatic carbocycles. The lowest BCUT2D eigenvalue weighted by atomic mass is 10.2. The largest absolute Gasteiger partial charge is 0.310 e. The van der Waals surface area contributed by atoms with Crippen molar-refractivity contribution in [2.45, 2.75) is 24.8 Å². The van der Waals surface area contributed by atoms with Crippen molar-refractivity contribution in [2.24, 2.45) is 0 Å². The van der Waals surface area contributed by atoms with Gasteiger partial charge in [0.05, 0.1) is 0 Å². The molecule has 0 aromatic rings. The second-order valence-electron chi connectivity index (χ2n) is 3.07. The fourth-order valence-electron chi connectivity index (χ4n) is 1.42. The Morgan fingerprint density at radius 1 is 1.11 bits per heavy atom. The Bertz CT molecular complexity index is 99.5. The van der Waals surface area contributed by atoms with Gasteiger partial charge in [-0.2, -0.15) is 11.8 Å². The molecule has 0 aromatic heterocycles. The van der Waals surface area contributed by atoms with E-state index in [1.807, 2.05) is 0 Å². The minimum atomic E-state index is 0.642. The lowest BCUT2D eigenvalue weighted by Crippen LogP contribution is -2.31. The van der Waals surface area contributed by atoms with Crippen molar-refractivity contribution in [3.8, 4) is 0 Å². The highest BCUT2D eigenvalue weighted by Crippen LogP contribution is 2.40. The standard InChI is InChI=1S/C7H13NS/c1-2-7(1)3-5-9-6-4-8-7/h8H,1-6H2. The minimum absolute atomic E-state index is 0.642. The average Bonchev–Trinajstić information content (AvgIpc) is 2.64. The molecule has 2 heteroatoms. The van der Waals surface area contributed by atoms with Gasteiger partial charge in [0.2, 0.25) is 0 Å². The highest BCUT2D eigenvalue weighted by molar-refractivity contribution is 7.99. The van der Waals surface area contributed by atoms with Gasteiger partial charge in [-0.15, -0.1) is 0 Å². The molecule has 52 valence electrons. The molecule has 2 rings (SSSR count). The first-order valence-electron chi connectivity index (χ1n) is 3.74. The molecule has 0 bridgehead atoms. The molecule has 2 fully saturated rings. The van der Waals surface area contributed by atoms with Crippen molar-refractivity contribution < 1.29 is 0 Å². The van der Waals surface area contributed by atoms with Crippen molar-refractivity contribution in [3.05, 3.63) is 0 Å². The predicted octanol–water partition coefficient (Wildman–Crippen LogP) is 1.25. The Kier molecular flexibility index (Phi) is 1.46. The van der Waals surface area contributed by atoms with Crippen LogP contribution in [0.25, 0.3) is 0 Å². The topological polar surface area (TPSA) is 12.0 Å². The van der Waals surface area contributed by atoms with E-state index in [4.69, 9.17) is 0 Å². The van der Waals surface area contributed by atoms with Crippen LogP contribution >= 0.6 is 11.8 Å². The Labute approximate surface area is 60.6 Å². The summed E-state index contributed by atoms with van der Waals surface area (Å²) in [4.78, 5) is 0. The van der Waals surface area contributed by atoms with Gasteiger partial charge in [-0.1, -0.05) is 0 Å². The molecule has 1 heterocycles. The van der Waals surface area contributed by atoms with Crippen molar-refractivity contribution in [1.29, 1.82) is 0 Å². The number of rotatable bonds is 0. The number of hydrogen-bond donors (Lipinski definition) is 1. The van der Waals surface area contributed by atoms with E-state index in [1.165, 1.54) is 37.3 Å². The first-order valence-corrected chi connectivity index (χ1v) is 4.90. The molecule has 1 aliphatic heterocycles. The zero-order valence-corrected chi connectivity index (χ0v) is 6.47. The van der Waals surface area contributed by atoms with Gasteiger partial charge in [0.25, 0.3) is 0 Å². The second kappa shape index (κ2) is 2.17. The Balaban J connectivity index is 1.92. The smallest absolute Gasteiger partial charge is 0.0191 e. The zero-order chi connectivity index (χ0) is 6.16. The van der Waals surface area contributed by atoms with Gasteiger partial charge in [0, 0.05) is 17.8 Å². The number of hydrogen-bond acceptors (Lipinski definition) is 2. The van der Waals surface area contributed by atoms with Crippen LogP contribution in [0.2, 0.25) is 0 Å². The summed E-state index contributed by atoms with van der Waals surface area (Å²) in [6, 6.07) is 0. The third-order valence-corrected chi connectivity index (χ3v) is 3.31. The first-order chi connectivity index (χ1) is 4.41. The van der Waals surface area contributed by atoms with Crippen molar-refractivity contribution in [2.75, 3.05) is 18.1 Å². The van der Waals surface area contributed by atoms with Crippen molar-refractivity contribution in [1.82, 2.24) is 5.32 Å². The first kappa shape index (κ1) is 6.05. The fraction of sp³-hybridized carbons (Fsp3) is 1.00. The lowest BCUT2D eigenvalue weighted by Gasteiger charge is -2.10. The van der Waals surface area contributed by atoms with Crippen molar-refractivity contribution in [3.63, 3.8) is 0 Å². The monoisotopic (exact) mass is 143 g/mol. The third kappa shape index (κ3) is 1.24. The van der Waals surface area contributed by atoms with E-state index in [0.29, 0.717) is 5.54 Å². The minimum Gasteiger partial charge on any atom is -0.310 e. The van der Waals surface area contributed by atoms with Crippen LogP contribution < -0.4 is 5.32 Å². The lowest BCUT2D eigenvalue weighted by molar-refractivity contribution is 0.512. The maximum absolute atomic E-state index is 3.61. The van der Waals surface area contributed by atoms with Crippen LogP contribution in [0.3, 0.4) is 0 Å². The summed E-state index contributed by atoms with van der Waals surface area (Å²) < 4.78 is 0. The number of nitrogens with one attached hydrogen (secondary N) is 1. The van der Waals surface area contributed by atoms with Crippen LogP contribution in [0, 0.1) is 0 Å². The molecular weight excluding hydrogens is 130 g/mol. The van der Waals surface area contributed by atoms with E-state index in [1.54, 1.807) is 0 Å². The Morgan fingerprint density at radius 2 is 2.00 bits per heavy atom. The molecule has 0 atom stereocenters. The van der Waals surface area contributed by atoms with E-state index in [2.05, 4.69) is 17.1 Å². The predicted molar refractivity (Wildman–Crippen MR) is 41.9 cm³/mol. The molecule has 0 amide bonds. The summed E-state index contributed by atoms with van der Waals surface area (Å²) in [6.07, 6.45) is 4.29. The van der Waals surface area contributed by atoms with Crippen LogP contribution in [0.5, 0.6) is 0 Å². The second-order valence-corrected chi connectivity index (χ2v) is 4.29. The van der Waals surface area contributed by atoms with Crippen LogP contribution in [-0.4, -0.2) is 23.6 Å². The molecule has 1 saturated heterocycles. The quantitative estimate of drug-likeness (QED) is 0.547. The fourth-order valence-corrected chi connectivity index (χ4v) is 2.41. The molecule has 9 heavy (non-hydrogen) atoms. The van der Waals surface area contributed by atoms with Gasteiger partial charge in [-0.3, -0.25) is 0 Å². The normalized spacial score (nSPS) is 32.0. The maximum Gasteiger partial charge on any atom is 0.0191 e. The molecule has 1 nitrogen and oxygen atoms in total. The molecule has 1 N–H and O–H groups in total. The van der Waals surface area contributed by atoms with Crippen LogP contribution in [-0.2, 0) is 0 Å². The van der Waals surface area contributed by atoms with E-state index in [0.717, 1.165) is 0 Å². The van der Waals surface area contributed by atoms with E-state index >= 15 is 0 Å². The van der Waals surface area contributed by atoms with Crippen LogP contribution in [0.4, 0.5) is 0 Å². The van der Waals surface area contributed by atoms with Crippen LogP contribution in [0.1, 0.15) is 19.3 Å². The Hall–Kier alpha value is 0.310. The molecule has 1 saturated carbocycles. The van der Waals surface area contributed by atoms with Gasteiger partial charge in [0.15, 0.2) is 0 Å².